The van der Waals surface area contributed by atoms with Gasteiger partial charge < -0.3 is 4.90 Å². The van der Waals surface area contributed by atoms with Crippen LogP contribution in [0.3, 0.4) is 0 Å². The Labute approximate surface area is 120 Å². The van der Waals surface area contributed by atoms with Gasteiger partial charge in [0.15, 0.2) is 0 Å². The summed E-state index contributed by atoms with van der Waals surface area (Å²) in [6.07, 6.45) is 5.36. The van der Waals surface area contributed by atoms with E-state index in [0.717, 1.165) is 31.5 Å². The number of benzene rings is 2. The van der Waals surface area contributed by atoms with E-state index in [2.05, 4.69) is 29.2 Å². The number of fused-ring (bicyclic) bond motifs is 1. The van der Waals surface area contributed by atoms with Crippen molar-refractivity contribution in [1.29, 1.82) is 0 Å². The molecule has 1 saturated heterocycles. The van der Waals surface area contributed by atoms with Crippen molar-refractivity contribution < 1.29 is 4.79 Å². The van der Waals surface area contributed by atoms with Gasteiger partial charge in [0, 0.05) is 13.1 Å². The molecular weight excluding hydrogens is 246 g/mol. The molecule has 1 fully saturated rings. The van der Waals surface area contributed by atoms with E-state index in [1.54, 1.807) is 0 Å². The van der Waals surface area contributed by atoms with Crippen LogP contribution in [-0.2, 0) is 11.2 Å². The fourth-order valence-corrected chi connectivity index (χ4v) is 3.04. The van der Waals surface area contributed by atoms with Crippen LogP contribution in [0.5, 0.6) is 0 Å². The molecule has 2 heteroatoms. The van der Waals surface area contributed by atoms with E-state index in [0.29, 0.717) is 6.42 Å². The molecule has 0 bridgehead atoms. The lowest BCUT2D eigenvalue weighted by atomic mass is 10.0. The first-order chi connectivity index (χ1) is 9.84. The average molecular weight is 267 g/mol. The fourth-order valence-electron chi connectivity index (χ4n) is 3.04. The van der Waals surface area contributed by atoms with Crippen molar-refractivity contribution in [2.24, 2.45) is 0 Å². The van der Waals surface area contributed by atoms with Crippen molar-refractivity contribution in [2.45, 2.75) is 32.1 Å². The van der Waals surface area contributed by atoms with Gasteiger partial charge in [0.1, 0.15) is 0 Å². The topological polar surface area (TPSA) is 20.3 Å². The van der Waals surface area contributed by atoms with Gasteiger partial charge in [-0.25, -0.2) is 0 Å². The minimum Gasteiger partial charge on any atom is -0.342 e. The summed E-state index contributed by atoms with van der Waals surface area (Å²) in [6, 6.07) is 14.5. The first-order valence-electron chi connectivity index (χ1n) is 7.59. The zero-order chi connectivity index (χ0) is 13.8. The second-order valence-electron chi connectivity index (χ2n) is 5.61. The Hall–Kier alpha value is -1.83. The molecular formula is C18H21NO. The zero-order valence-electron chi connectivity index (χ0n) is 11.8. The minimum absolute atomic E-state index is 0.281. The number of likely N-dealkylation sites (tertiary alicyclic amines) is 1. The summed E-state index contributed by atoms with van der Waals surface area (Å²) >= 11 is 0. The van der Waals surface area contributed by atoms with Crippen molar-refractivity contribution in [1.82, 2.24) is 4.90 Å². The molecule has 20 heavy (non-hydrogen) atoms. The number of hydrogen-bond acceptors (Lipinski definition) is 1. The van der Waals surface area contributed by atoms with Gasteiger partial charge in [-0.15, -0.1) is 0 Å². The van der Waals surface area contributed by atoms with Crippen LogP contribution in [0, 0.1) is 0 Å². The van der Waals surface area contributed by atoms with Crippen molar-refractivity contribution in [2.75, 3.05) is 13.1 Å². The lowest BCUT2D eigenvalue weighted by Gasteiger charge is -2.20. The molecule has 104 valence electrons. The maximum absolute atomic E-state index is 12.5. The highest BCUT2D eigenvalue weighted by atomic mass is 16.2. The number of amides is 1. The first-order valence-corrected chi connectivity index (χ1v) is 7.59. The summed E-state index contributed by atoms with van der Waals surface area (Å²) in [5.41, 5.74) is 1.15. The third-order valence-corrected chi connectivity index (χ3v) is 4.18. The Kier molecular flexibility index (Phi) is 4.00. The van der Waals surface area contributed by atoms with Gasteiger partial charge in [0.05, 0.1) is 6.42 Å². The lowest BCUT2D eigenvalue weighted by Crippen LogP contribution is -2.33. The van der Waals surface area contributed by atoms with Gasteiger partial charge in [0.2, 0.25) is 5.91 Å². The van der Waals surface area contributed by atoms with Gasteiger partial charge in [-0.05, 0) is 29.2 Å². The highest BCUT2D eigenvalue weighted by Crippen LogP contribution is 2.20. The van der Waals surface area contributed by atoms with Crippen LogP contribution in [0.2, 0.25) is 0 Å². The number of nitrogens with zero attached hydrogens (tertiary/aromatic N) is 1. The smallest absolute Gasteiger partial charge is 0.227 e. The molecule has 0 unspecified atom stereocenters. The van der Waals surface area contributed by atoms with E-state index >= 15 is 0 Å². The summed E-state index contributed by atoms with van der Waals surface area (Å²) in [7, 11) is 0. The van der Waals surface area contributed by atoms with Gasteiger partial charge in [-0.1, -0.05) is 55.3 Å². The quantitative estimate of drug-likeness (QED) is 0.810. The largest absolute Gasteiger partial charge is 0.342 e. The molecule has 2 aromatic rings. The molecule has 1 aliphatic rings. The van der Waals surface area contributed by atoms with Crippen LogP contribution in [0.15, 0.2) is 42.5 Å². The summed E-state index contributed by atoms with van der Waals surface area (Å²) in [6.45, 7) is 1.87. The third-order valence-electron chi connectivity index (χ3n) is 4.18. The van der Waals surface area contributed by atoms with Crippen LogP contribution >= 0.6 is 0 Å². The summed E-state index contributed by atoms with van der Waals surface area (Å²) in [5, 5.41) is 2.42. The van der Waals surface area contributed by atoms with Gasteiger partial charge in [-0.2, -0.15) is 0 Å². The molecule has 2 nitrogen and oxygen atoms in total. The molecule has 0 N–H and O–H groups in total. The Morgan fingerprint density at radius 2 is 1.60 bits per heavy atom. The molecule has 0 aliphatic carbocycles. The Bertz CT molecular complexity index is 592. The molecule has 2 aromatic carbocycles. The normalized spacial score (nSPS) is 16.1. The molecule has 0 saturated carbocycles. The molecule has 0 aromatic heterocycles. The predicted octanol–water partition coefficient (Wildman–Crippen LogP) is 3.78. The Morgan fingerprint density at radius 3 is 2.40 bits per heavy atom. The van der Waals surface area contributed by atoms with Gasteiger partial charge in [-0.3, -0.25) is 4.79 Å². The Balaban J connectivity index is 1.80. The third kappa shape index (κ3) is 2.84. The minimum atomic E-state index is 0.281. The lowest BCUT2D eigenvalue weighted by molar-refractivity contribution is -0.130. The van der Waals surface area contributed by atoms with Crippen LogP contribution in [0.1, 0.15) is 31.2 Å². The maximum atomic E-state index is 12.5. The number of carbonyl (C=O) groups is 1. The van der Waals surface area contributed by atoms with Crippen molar-refractivity contribution in [3.8, 4) is 0 Å². The second-order valence-corrected chi connectivity index (χ2v) is 5.61. The van der Waals surface area contributed by atoms with Crippen molar-refractivity contribution in [3.63, 3.8) is 0 Å². The van der Waals surface area contributed by atoms with Crippen LogP contribution < -0.4 is 0 Å². The van der Waals surface area contributed by atoms with Crippen LogP contribution in [0.25, 0.3) is 10.8 Å². The number of hydrogen-bond donors (Lipinski definition) is 0. The Morgan fingerprint density at radius 1 is 0.900 bits per heavy atom. The van der Waals surface area contributed by atoms with Crippen molar-refractivity contribution >= 4 is 16.7 Å². The first kappa shape index (κ1) is 13.2. The van der Waals surface area contributed by atoms with Crippen LogP contribution in [-0.4, -0.2) is 23.9 Å². The maximum Gasteiger partial charge on any atom is 0.227 e. The second kappa shape index (κ2) is 6.08. The highest BCUT2D eigenvalue weighted by molar-refractivity contribution is 5.90. The molecule has 0 atom stereocenters. The van der Waals surface area contributed by atoms with E-state index in [1.165, 1.54) is 23.6 Å². The molecule has 3 rings (SSSR count). The average Bonchev–Trinajstić information content (AvgIpc) is 2.77. The van der Waals surface area contributed by atoms with Gasteiger partial charge in [0.25, 0.3) is 0 Å². The molecule has 0 radical (unpaired) electrons. The number of carbonyl (C=O) groups excluding carboxylic acids is 1. The summed E-state index contributed by atoms with van der Waals surface area (Å²) in [4.78, 5) is 14.5. The van der Waals surface area contributed by atoms with E-state index in [4.69, 9.17) is 0 Å². The zero-order valence-corrected chi connectivity index (χ0v) is 11.8. The highest BCUT2D eigenvalue weighted by Gasteiger charge is 2.16. The molecule has 0 spiro atoms. The SMILES string of the molecule is O=C(Cc1cccc2ccccc12)N1CCCCCC1. The van der Waals surface area contributed by atoms with E-state index in [-0.39, 0.29) is 5.91 Å². The monoisotopic (exact) mass is 267 g/mol. The van der Waals surface area contributed by atoms with Crippen molar-refractivity contribution in [3.05, 3.63) is 48.0 Å². The predicted molar refractivity (Wildman–Crippen MR) is 82.7 cm³/mol. The van der Waals surface area contributed by atoms with E-state index in [1.807, 2.05) is 18.2 Å². The molecule has 1 heterocycles. The fraction of sp³-hybridized carbons (Fsp3) is 0.389. The van der Waals surface area contributed by atoms with E-state index < -0.39 is 0 Å². The number of rotatable bonds is 2. The van der Waals surface area contributed by atoms with Crippen LogP contribution in [0.4, 0.5) is 0 Å². The standard InChI is InChI=1S/C18H21NO/c20-18(19-12-5-1-2-6-13-19)14-16-10-7-9-15-8-3-4-11-17(15)16/h3-4,7-11H,1-2,5-6,12-14H2. The van der Waals surface area contributed by atoms with E-state index in [9.17, 15) is 4.79 Å². The summed E-state index contributed by atoms with van der Waals surface area (Å²) in [5.74, 6) is 0.281. The summed E-state index contributed by atoms with van der Waals surface area (Å²) < 4.78 is 0. The molecule has 1 aliphatic heterocycles. The van der Waals surface area contributed by atoms with Gasteiger partial charge >= 0.3 is 0 Å². The molecule has 1 amide bonds.